The van der Waals surface area contributed by atoms with Gasteiger partial charge in [0.2, 0.25) is 0 Å². The fourth-order valence-electron chi connectivity index (χ4n) is 4.14. The van der Waals surface area contributed by atoms with E-state index in [1.807, 2.05) is 43.0 Å². The highest BCUT2D eigenvalue weighted by Gasteiger charge is 2.24. The van der Waals surface area contributed by atoms with Crippen molar-refractivity contribution in [3.63, 3.8) is 0 Å². The van der Waals surface area contributed by atoms with Crippen molar-refractivity contribution in [3.05, 3.63) is 85.7 Å². The Labute approximate surface area is 209 Å². The first-order chi connectivity index (χ1) is 15.8. The SMILES string of the molecule is Cc1nc(C)c(Cc2ccc(Cl)cc2)c(N2CCCN(C(=O)c3ccc(Cl)c(Cl)c3)CC2)n1. The minimum atomic E-state index is -0.0353. The Morgan fingerprint density at radius 1 is 0.909 bits per heavy atom. The van der Waals surface area contributed by atoms with Crippen LogP contribution in [0.4, 0.5) is 5.82 Å². The Morgan fingerprint density at radius 3 is 2.39 bits per heavy atom. The van der Waals surface area contributed by atoms with Crippen molar-refractivity contribution in [3.8, 4) is 0 Å². The van der Waals surface area contributed by atoms with E-state index < -0.39 is 0 Å². The lowest BCUT2D eigenvalue weighted by atomic mass is 10.0. The smallest absolute Gasteiger partial charge is 0.253 e. The number of nitrogens with zero attached hydrogens (tertiary/aromatic N) is 4. The molecule has 0 N–H and O–H groups in total. The molecule has 8 heteroatoms. The van der Waals surface area contributed by atoms with Crippen LogP contribution in [-0.2, 0) is 6.42 Å². The largest absolute Gasteiger partial charge is 0.354 e. The van der Waals surface area contributed by atoms with Crippen LogP contribution in [0.1, 0.15) is 39.4 Å². The maximum absolute atomic E-state index is 13.1. The highest BCUT2D eigenvalue weighted by Crippen LogP contribution is 2.27. The van der Waals surface area contributed by atoms with Gasteiger partial charge >= 0.3 is 0 Å². The number of benzene rings is 2. The fraction of sp³-hybridized carbons (Fsp3) is 0.320. The second-order valence-electron chi connectivity index (χ2n) is 8.22. The number of amides is 1. The summed E-state index contributed by atoms with van der Waals surface area (Å²) in [5.74, 6) is 1.65. The van der Waals surface area contributed by atoms with Crippen LogP contribution in [0.2, 0.25) is 15.1 Å². The van der Waals surface area contributed by atoms with Crippen molar-refractivity contribution in [2.75, 3.05) is 31.1 Å². The molecule has 5 nitrogen and oxygen atoms in total. The molecule has 0 unspecified atom stereocenters. The maximum Gasteiger partial charge on any atom is 0.253 e. The molecule has 172 valence electrons. The van der Waals surface area contributed by atoms with E-state index in [4.69, 9.17) is 39.8 Å². The normalized spacial score (nSPS) is 14.3. The number of rotatable bonds is 4. The summed E-state index contributed by atoms with van der Waals surface area (Å²) in [7, 11) is 0. The van der Waals surface area contributed by atoms with Gasteiger partial charge in [0.1, 0.15) is 11.6 Å². The van der Waals surface area contributed by atoms with Gasteiger partial charge in [-0.3, -0.25) is 4.79 Å². The van der Waals surface area contributed by atoms with Crippen LogP contribution >= 0.6 is 34.8 Å². The zero-order valence-electron chi connectivity index (χ0n) is 18.6. The van der Waals surface area contributed by atoms with Crippen molar-refractivity contribution in [1.29, 1.82) is 0 Å². The number of aromatic nitrogens is 2. The van der Waals surface area contributed by atoms with Gasteiger partial charge in [-0.1, -0.05) is 46.9 Å². The molecule has 1 amide bonds. The van der Waals surface area contributed by atoms with E-state index in [9.17, 15) is 4.79 Å². The van der Waals surface area contributed by atoms with Crippen molar-refractivity contribution in [2.45, 2.75) is 26.7 Å². The fourth-order valence-corrected chi connectivity index (χ4v) is 4.56. The molecule has 0 bridgehead atoms. The van der Waals surface area contributed by atoms with E-state index >= 15 is 0 Å². The number of carbonyl (C=O) groups is 1. The second-order valence-corrected chi connectivity index (χ2v) is 9.47. The topological polar surface area (TPSA) is 49.3 Å². The van der Waals surface area contributed by atoms with Crippen LogP contribution in [-0.4, -0.2) is 47.0 Å². The number of anilines is 1. The molecule has 0 radical (unpaired) electrons. The second kappa shape index (κ2) is 10.3. The Kier molecular flexibility index (Phi) is 7.42. The first kappa shape index (κ1) is 23.8. The third-order valence-electron chi connectivity index (χ3n) is 5.85. The summed E-state index contributed by atoms with van der Waals surface area (Å²) in [5, 5.41) is 1.55. The lowest BCUT2D eigenvalue weighted by Crippen LogP contribution is -2.35. The summed E-state index contributed by atoms with van der Waals surface area (Å²) in [6.07, 6.45) is 1.57. The molecule has 2 heterocycles. The van der Waals surface area contributed by atoms with Crippen molar-refractivity contribution >= 4 is 46.5 Å². The van der Waals surface area contributed by atoms with Crippen LogP contribution in [0.5, 0.6) is 0 Å². The summed E-state index contributed by atoms with van der Waals surface area (Å²) < 4.78 is 0. The zero-order valence-corrected chi connectivity index (χ0v) is 20.9. The maximum atomic E-state index is 13.1. The third kappa shape index (κ3) is 5.60. The zero-order chi connectivity index (χ0) is 23.5. The van der Waals surface area contributed by atoms with E-state index in [-0.39, 0.29) is 5.91 Å². The van der Waals surface area contributed by atoms with E-state index in [0.29, 0.717) is 35.2 Å². The van der Waals surface area contributed by atoms with Gasteiger partial charge < -0.3 is 9.80 Å². The molecule has 1 saturated heterocycles. The molecule has 0 saturated carbocycles. The van der Waals surface area contributed by atoms with Crippen molar-refractivity contribution in [1.82, 2.24) is 14.9 Å². The summed E-state index contributed by atoms with van der Waals surface area (Å²) >= 11 is 18.2. The van der Waals surface area contributed by atoms with Crippen LogP contribution in [0.3, 0.4) is 0 Å². The number of hydrogen-bond acceptors (Lipinski definition) is 4. The molecule has 4 rings (SSSR count). The van der Waals surface area contributed by atoms with Crippen LogP contribution in [0.15, 0.2) is 42.5 Å². The molecule has 0 aliphatic carbocycles. The lowest BCUT2D eigenvalue weighted by Gasteiger charge is -2.26. The van der Waals surface area contributed by atoms with Crippen molar-refractivity contribution < 1.29 is 4.79 Å². The van der Waals surface area contributed by atoms with E-state index in [2.05, 4.69) is 9.88 Å². The number of halogens is 3. The highest BCUT2D eigenvalue weighted by molar-refractivity contribution is 6.42. The van der Waals surface area contributed by atoms with E-state index in [1.54, 1.807) is 18.2 Å². The molecule has 1 aliphatic rings. The predicted octanol–water partition coefficient (Wildman–Crippen LogP) is 6.00. The molecule has 1 fully saturated rings. The Morgan fingerprint density at radius 2 is 1.67 bits per heavy atom. The molecule has 33 heavy (non-hydrogen) atoms. The summed E-state index contributed by atoms with van der Waals surface area (Å²) in [5.41, 5.74) is 3.78. The molecule has 2 aromatic carbocycles. The van der Waals surface area contributed by atoms with Crippen LogP contribution in [0.25, 0.3) is 0 Å². The highest BCUT2D eigenvalue weighted by atomic mass is 35.5. The molecule has 1 aromatic heterocycles. The average Bonchev–Trinajstić information content (AvgIpc) is 3.04. The standard InChI is InChI=1S/C25H25Cl3N4O/c1-16-21(14-18-4-7-20(26)8-5-18)24(30-17(2)29-16)31-10-3-11-32(13-12-31)25(33)19-6-9-22(27)23(28)15-19/h4-9,15H,3,10-14H2,1-2H3. The first-order valence-corrected chi connectivity index (χ1v) is 12.0. The average molecular weight is 504 g/mol. The number of aryl methyl sites for hydroxylation is 2. The minimum Gasteiger partial charge on any atom is -0.354 e. The molecule has 0 atom stereocenters. The van der Waals surface area contributed by atoms with E-state index in [1.165, 1.54) is 0 Å². The Hall–Kier alpha value is -2.34. The molecule has 1 aliphatic heterocycles. The molecule has 3 aromatic rings. The van der Waals surface area contributed by atoms with E-state index in [0.717, 1.165) is 52.9 Å². The number of carbonyl (C=O) groups excluding carboxylic acids is 1. The Bertz CT molecular complexity index is 1170. The quantitative estimate of drug-likeness (QED) is 0.438. The van der Waals surface area contributed by atoms with Gasteiger partial charge in [0.25, 0.3) is 5.91 Å². The molecule has 0 spiro atoms. The van der Waals surface area contributed by atoms with Gasteiger partial charge in [0.15, 0.2) is 0 Å². The van der Waals surface area contributed by atoms with Gasteiger partial charge in [-0.25, -0.2) is 9.97 Å². The summed E-state index contributed by atoms with van der Waals surface area (Å²) in [6, 6.07) is 12.9. The van der Waals surface area contributed by atoms with Gasteiger partial charge in [-0.2, -0.15) is 0 Å². The summed E-state index contributed by atoms with van der Waals surface area (Å²) in [4.78, 5) is 26.6. The van der Waals surface area contributed by atoms with Gasteiger partial charge in [-0.05, 0) is 56.2 Å². The monoisotopic (exact) mass is 502 g/mol. The minimum absolute atomic E-state index is 0.0353. The third-order valence-corrected chi connectivity index (χ3v) is 6.84. The van der Waals surface area contributed by atoms with Crippen LogP contribution < -0.4 is 4.90 Å². The van der Waals surface area contributed by atoms with Gasteiger partial charge in [-0.15, -0.1) is 0 Å². The first-order valence-electron chi connectivity index (χ1n) is 10.9. The van der Waals surface area contributed by atoms with Crippen molar-refractivity contribution in [2.24, 2.45) is 0 Å². The Balaban J connectivity index is 1.55. The van der Waals surface area contributed by atoms with Gasteiger partial charge in [0.05, 0.1) is 10.0 Å². The molecular weight excluding hydrogens is 479 g/mol. The molecular formula is C25H25Cl3N4O. The lowest BCUT2D eigenvalue weighted by molar-refractivity contribution is 0.0767. The van der Waals surface area contributed by atoms with Crippen LogP contribution in [0, 0.1) is 13.8 Å². The summed E-state index contributed by atoms with van der Waals surface area (Å²) in [6.45, 7) is 6.72. The predicted molar refractivity (Wildman–Crippen MR) is 135 cm³/mol. The number of hydrogen-bond donors (Lipinski definition) is 0. The van der Waals surface area contributed by atoms with Gasteiger partial charge in [0, 0.05) is 54.4 Å².